The van der Waals surface area contributed by atoms with Crippen LogP contribution in [0.15, 0.2) is 52.6 Å². The molecule has 0 fully saturated rings. The van der Waals surface area contributed by atoms with Crippen LogP contribution < -0.4 is 21.9 Å². The van der Waals surface area contributed by atoms with Gasteiger partial charge in [-0.05, 0) is 18.2 Å². The number of ether oxygens (including phenoxy) is 1. The molecule has 0 saturated carbocycles. The lowest BCUT2D eigenvalue weighted by Gasteiger charge is -2.05. The zero-order valence-corrected chi connectivity index (χ0v) is 11.8. The quantitative estimate of drug-likeness (QED) is 0.327. The van der Waals surface area contributed by atoms with E-state index in [-0.39, 0.29) is 23.5 Å². The number of rotatable bonds is 4. The van der Waals surface area contributed by atoms with Gasteiger partial charge in [0.15, 0.2) is 5.96 Å². The van der Waals surface area contributed by atoms with E-state index < -0.39 is 4.92 Å². The van der Waals surface area contributed by atoms with Crippen LogP contribution in [-0.4, -0.2) is 21.8 Å². The molecule has 0 amide bonds. The minimum Gasteiger partial charge on any atom is -0.434 e. The highest BCUT2D eigenvalue weighted by Gasteiger charge is 2.16. The summed E-state index contributed by atoms with van der Waals surface area (Å²) in [6, 6.07) is 9.10. The summed E-state index contributed by atoms with van der Waals surface area (Å²) in [4.78, 5) is 21.8. The molecule has 0 aliphatic rings. The molecule has 0 bridgehead atoms. The first-order valence-electron chi connectivity index (χ1n) is 6.27. The molecule has 0 atom stereocenters. The topological polar surface area (TPSA) is 168 Å². The van der Waals surface area contributed by atoms with E-state index >= 15 is 0 Å². The highest BCUT2D eigenvalue weighted by atomic mass is 16.6. The second-order valence-corrected chi connectivity index (χ2v) is 4.19. The molecule has 23 heavy (non-hydrogen) atoms. The Morgan fingerprint density at radius 2 is 2.00 bits per heavy atom. The summed E-state index contributed by atoms with van der Waals surface area (Å²) in [5.74, 6) is -0.185. The second kappa shape index (κ2) is 6.85. The summed E-state index contributed by atoms with van der Waals surface area (Å²) in [7, 11) is 0. The summed E-state index contributed by atoms with van der Waals surface area (Å²) in [5, 5.41) is 10.9. The van der Waals surface area contributed by atoms with Gasteiger partial charge in [-0.25, -0.2) is 9.98 Å². The average Bonchev–Trinajstić information content (AvgIpc) is 2.47. The largest absolute Gasteiger partial charge is 0.434 e. The lowest BCUT2D eigenvalue weighted by Crippen LogP contribution is -2.26. The van der Waals surface area contributed by atoms with E-state index in [0.717, 1.165) is 0 Å². The van der Waals surface area contributed by atoms with Crippen LogP contribution in [0, 0.1) is 10.1 Å². The van der Waals surface area contributed by atoms with Gasteiger partial charge in [0.2, 0.25) is 5.96 Å². The smallest absolute Gasteiger partial charge is 0.331 e. The Balaban J connectivity index is 2.28. The molecule has 1 aromatic heterocycles. The van der Waals surface area contributed by atoms with Crippen LogP contribution in [0.5, 0.6) is 11.6 Å². The average molecular weight is 315 g/mol. The Morgan fingerprint density at radius 3 is 2.70 bits per heavy atom. The Hall–Kier alpha value is -3.69. The number of nitrogens with zero attached hydrogens (tertiary/aromatic N) is 4. The van der Waals surface area contributed by atoms with Crippen molar-refractivity contribution in [1.29, 1.82) is 0 Å². The van der Waals surface area contributed by atoms with Crippen LogP contribution >= 0.6 is 0 Å². The van der Waals surface area contributed by atoms with Gasteiger partial charge in [-0.2, -0.15) is 4.99 Å². The van der Waals surface area contributed by atoms with Gasteiger partial charge in [-0.3, -0.25) is 10.1 Å². The third-order valence-electron chi connectivity index (χ3n) is 2.47. The third kappa shape index (κ3) is 4.39. The zero-order valence-electron chi connectivity index (χ0n) is 11.8. The fourth-order valence-corrected chi connectivity index (χ4v) is 1.62. The maximum absolute atomic E-state index is 10.9. The number of guanidine groups is 2. The van der Waals surface area contributed by atoms with Crippen molar-refractivity contribution in [1.82, 2.24) is 4.98 Å². The number of hydrogen-bond acceptors (Lipinski definition) is 5. The van der Waals surface area contributed by atoms with E-state index in [2.05, 4.69) is 15.0 Å². The Labute approximate surface area is 130 Å². The lowest BCUT2D eigenvalue weighted by molar-refractivity contribution is -0.386. The molecule has 0 saturated heterocycles. The molecule has 2 rings (SSSR count). The third-order valence-corrected chi connectivity index (χ3v) is 2.47. The maximum atomic E-state index is 10.9. The number of aromatic nitrogens is 1. The summed E-state index contributed by atoms with van der Waals surface area (Å²) < 4.78 is 5.43. The molecule has 10 nitrogen and oxygen atoms in total. The van der Waals surface area contributed by atoms with Crippen molar-refractivity contribution in [2.75, 3.05) is 0 Å². The Bertz CT molecular complexity index is 785. The molecule has 0 aliphatic carbocycles. The van der Waals surface area contributed by atoms with E-state index in [9.17, 15) is 10.1 Å². The van der Waals surface area contributed by atoms with Gasteiger partial charge < -0.3 is 21.9 Å². The van der Waals surface area contributed by atoms with Crippen LogP contribution in [0.4, 0.5) is 11.4 Å². The van der Waals surface area contributed by atoms with Crippen molar-refractivity contribution < 1.29 is 9.66 Å². The molecule has 0 unspecified atom stereocenters. The molecule has 1 aromatic carbocycles. The number of aliphatic imine (C=N–C) groups is 2. The summed E-state index contributed by atoms with van der Waals surface area (Å²) >= 11 is 0. The molecule has 118 valence electrons. The minimum absolute atomic E-state index is 0.129. The van der Waals surface area contributed by atoms with Crippen molar-refractivity contribution in [3.05, 3.63) is 52.7 Å². The van der Waals surface area contributed by atoms with Gasteiger partial charge in [0.05, 0.1) is 10.6 Å². The van der Waals surface area contributed by atoms with Gasteiger partial charge in [0.25, 0.3) is 5.88 Å². The van der Waals surface area contributed by atoms with Crippen LogP contribution in [0.2, 0.25) is 0 Å². The highest BCUT2D eigenvalue weighted by molar-refractivity contribution is 5.93. The van der Waals surface area contributed by atoms with Crippen molar-refractivity contribution in [2.24, 2.45) is 27.2 Å². The predicted octanol–water partition coefficient (Wildman–Crippen LogP) is 1.00. The van der Waals surface area contributed by atoms with E-state index in [1.54, 1.807) is 18.2 Å². The lowest BCUT2D eigenvalue weighted by atomic mass is 10.3. The fourth-order valence-electron chi connectivity index (χ4n) is 1.62. The van der Waals surface area contributed by atoms with Crippen molar-refractivity contribution in [3.63, 3.8) is 0 Å². The minimum atomic E-state index is -0.582. The first-order valence-corrected chi connectivity index (χ1v) is 6.27. The monoisotopic (exact) mass is 315 g/mol. The first-order chi connectivity index (χ1) is 11.0. The van der Waals surface area contributed by atoms with Gasteiger partial charge in [-0.15, -0.1) is 0 Å². The maximum Gasteiger partial charge on any atom is 0.331 e. The van der Waals surface area contributed by atoms with Crippen LogP contribution in [0.25, 0.3) is 0 Å². The van der Waals surface area contributed by atoms with Crippen molar-refractivity contribution in [3.8, 4) is 11.6 Å². The van der Waals surface area contributed by atoms with Gasteiger partial charge in [0.1, 0.15) is 5.75 Å². The van der Waals surface area contributed by atoms with E-state index in [4.69, 9.17) is 21.9 Å². The fraction of sp³-hybridized carbons (Fsp3) is 0. The number of nitro groups is 1. The molecule has 6 N–H and O–H groups in total. The van der Waals surface area contributed by atoms with Crippen LogP contribution in [-0.2, 0) is 0 Å². The molecular weight excluding hydrogens is 302 g/mol. The molecule has 0 spiro atoms. The summed E-state index contributed by atoms with van der Waals surface area (Å²) in [5.41, 5.74) is 16.1. The van der Waals surface area contributed by atoms with E-state index in [1.165, 1.54) is 24.4 Å². The first kappa shape index (κ1) is 15.7. The second-order valence-electron chi connectivity index (χ2n) is 4.19. The molecule has 0 radical (unpaired) electrons. The molecule has 0 aliphatic heterocycles. The zero-order chi connectivity index (χ0) is 16.8. The summed E-state index contributed by atoms with van der Waals surface area (Å²) in [6.45, 7) is 0. The molecular formula is C13H13N7O3. The molecule has 1 heterocycles. The summed E-state index contributed by atoms with van der Waals surface area (Å²) in [6.07, 6.45) is 1.39. The molecule has 10 heteroatoms. The standard InChI is InChI=1S/C13H13N7O3/c14-12(15)19-13(16)18-8-3-1-4-9(7-8)23-11-10(20(21)22)5-2-6-17-11/h1-7H,(H6,14,15,16,18,19). The molecule has 2 aromatic rings. The predicted molar refractivity (Wildman–Crippen MR) is 84.5 cm³/mol. The number of pyridine rings is 1. The normalized spacial score (nSPS) is 10.9. The van der Waals surface area contributed by atoms with Crippen LogP contribution in [0.3, 0.4) is 0 Å². The van der Waals surface area contributed by atoms with E-state index in [1.807, 2.05) is 0 Å². The van der Waals surface area contributed by atoms with Crippen LogP contribution in [0.1, 0.15) is 0 Å². The highest BCUT2D eigenvalue weighted by Crippen LogP contribution is 2.30. The Morgan fingerprint density at radius 1 is 1.22 bits per heavy atom. The van der Waals surface area contributed by atoms with Gasteiger partial charge >= 0.3 is 5.69 Å². The Kier molecular flexibility index (Phi) is 4.67. The number of hydrogen-bond donors (Lipinski definition) is 3. The van der Waals surface area contributed by atoms with Crippen molar-refractivity contribution >= 4 is 23.3 Å². The number of nitrogens with two attached hydrogens (primary N) is 3. The SMILES string of the molecule is NC(N)=NC(N)=Nc1cccc(Oc2ncccc2[N+](=O)[O-])c1. The number of benzene rings is 1. The van der Waals surface area contributed by atoms with Gasteiger partial charge in [-0.1, -0.05) is 6.07 Å². The van der Waals surface area contributed by atoms with Gasteiger partial charge in [0, 0.05) is 18.3 Å². The van der Waals surface area contributed by atoms with Crippen molar-refractivity contribution in [2.45, 2.75) is 0 Å². The van der Waals surface area contributed by atoms with E-state index in [0.29, 0.717) is 11.4 Å².